The van der Waals surface area contributed by atoms with Gasteiger partial charge in [-0.15, -0.1) is 0 Å². The Kier molecular flexibility index (Phi) is 3.91. The minimum absolute atomic E-state index is 0.0881. The lowest BCUT2D eigenvalue weighted by Gasteiger charge is -2.60. The average molecular weight is 344 g/mol. The molecule has 3 amide bonds. The van der Waals surface area contributed by atoms with Gasteiger partial charge in [-0.2, -0.15) is 0 Å². The predicted octanol–water partition coefficient (Wildman–Crippen LogP) is 1.99. The van der Waals surface area contributed by atoms with Crippen molar-refractivity contribution in [3.63, 3.8) is 0 Å². The number of carbonyl (C=O) groups excluding carboxylic acids is 2. The van der Waals surface area contributed by atoms with Crippen LogP contribution >= 0.6 is 0 Å². The fourth-order valence-electron chi connectivity index (χ4n) is 4.62. The van der Waals surface area contributed by atoms with E-state index in [1.165, 1.54) is 0 Å². The number of anilines is 1. The lowest BCUT2D eigenvalue weighted by molar-refractivity contribution is -0.122. The van der Waals surface area contributed by atoms with E-state index in [0.29, 0.717) is 23.8 Å². The molecule has 0 aromatic carbocycles. The van der Waals surface area contributed by atoms with Crippen LogP contribution in [0.15, 0.2) is 12.3 Å². The first-order chi connectivity index (χ1) is 12.0. The topological polar surface area (TPSA) is 83.6 Å². The van der Waals surface area contributed by atoms with Gasteiger partial charge in [-0.1, -0.05) is 13.8 Å². The summed E-state index contributed by atoms with van der Waals surface area (Å²) >= 11 is 0. The van der Waals surface area contributed by atoms with Gasteiger partial charge in [0.15, 0.2) is 0 Å². The van der Waals surface area contributed by atoms with E-state index in [2.05, 4.69) is 29.5 Å². The van der Waals surface area contributed by atoms with Crippen LogP contribution in [0.25, 0.3) is 0 Å². The quantitative estimate of drug-likeness (QED) is 0.859. The van der Waals surface area contributed by atoms with Gasteiger partial charge >= 0.3 is 6.03 Å². The first kappa shape index (κ1) is 16.3. The molecule has 1 aromatic rings. The summed E-state index contributed by atoms with van der Waals surface area (Å²) in [5.41, 5.74) is 2.11. The molecule has 4 heterocycles. The van der Waals surface area contributed by atoms with Crippen molar-refractivity contribution in [2.24, 2.45) is 11.3 Å². The molecule has 2 N–H and O–H groups in total. The Labute approximate surface area is 147 Å². The van der Waals surface area contributed by atoms with Crippen LogP contribution in [0.4, 0.5) is 10.5 Å². The Hall–Kier alpha value is -2.15. The monoisotopic (exact) mass is 344 g/mol. The maximum absolute atomic E-state index is 12.8. The van der Waals surface area contributed by atoms with E-state index < -0.39 is 0 Å². The van der Waals surface area contributed by atoms with Crippen LogP contribution in [-0.4, -0.2) is 47.6 Å². The highest BCUT2D eigenvalue weighted by Crippen LogP contribution is 2.48. The molecule has 1 aromatic heterocycles. The fraction of sp³-hybridized carbons (Fsp3) is 0.611. The minimum Gasteiger partial charge on any atom is -0.381 e. The predicted molar refractivity (Wildman–Crippen MR) is 92.2 cm³/mol. The van der Waals surface area contributed by atoms with Crippen molar-refractivity contribution in [3.05, 3.63) is 23.5 Å². The third kappa shape index (κ3) is 2.66. The van der Waals surface area contributed by atoms with Crippen molar-refractivity contribution in [2.75, 3.05) is 25.1 Å². The summed E-state index contributed by atoms with van der Waals surface area (Å²) in [5, 5.41) is 5.68. The fourth-order valence-corrected chi connectivity index (χ4v) is 4.62. The average Bonchev–Trinajstić information content (AvgIpc) is 2.93. The maximum atomic E-state index is 12.8. The van der Waals surface area contributed by atoms with Gasteiger partial charge in [-0.3, -0.25) is 4.79 Å². The molecule has 0 aliphatic carbocycles. The molecule has 2 fully saturated rings. The largest absolute Gasteiger partial charge is 0.381 e. The first-order valence-corrected chi connectivity index (χ1v) is 8.93. The molecule has 1 atom stereocenters. The standard InChI is InChI=1S/C18H24N4O3/c1-11(2)15-18(3-5-25-6-4-18)10-22(15)17(24)21-13-7-12-8-20-16(23)14(12)19-9-13/h7,9,11,15H,3-6,8,10H2,1-2H3,(H,20,23)(H,21,24). The molecule has 134 valence electrons. The third-order valence-electron chi connectivity index (χ3n) is 5.70. The van der Waals surface area contributed by atoms with Crippen molar-refractivity contribution in [2.45, 2.75) is 39.3 Å². The van der Waals surface area contributed by atoms with E-state index in [4.69, 9.17) is 4.74 Å². The summed E-state index contributed by atoms with van der Waals surface area (Å²) in [5.74, 6) is 0.245. The van der Waals surface area contributed by atoms with Crippen molar-refractivity contribution >= 4 is 17.6 Å². The lowest BCUT2D eigenvalue weighted by atomic mass is 9.63. The molecular weight excluding hydrogens is 320 g/mol. The highest BCUT2D eigenvalue weighted by Gasteiger charge is 2.55. The zero-order chi connectivity index (χ0) is 17.6. The Morgan fingerprint density at radius 2 is 2.20 bits per heavy atom. The van der Waals surface area contributed by atoms with Crippen molar-refractivity contribution in [3.8, 4) is 0 Å². The molecule has 2 saturated heterocycles. The van der Waals surface area contributed by atoms with Gasteiger partial charge < -0.3 is 20.3 Å². The van der Waals surface area contributed by atoms with Crippen molar-refractivity contribution in [1.29, 1.82) is 0 Å². The number of amides is 3. The van der Waals surface area contributed by atoms with Crippen LogP contribution in [0.5, 0.6) is 0 Å². The molecule has 0 saturated carbocycles. The van der Waals surface area contributed by atoms with Gasteiger partial charge in [-0.25, -0.2) is 9.78 Å². The maximum Gasteiger partial charge on any atom is 0.322 e. The number of urea groups is 1. The number of ether oxygens (including phenoxy) is 1. The highest BCUT2D eigenvalue weighted by atomic mass is 16.5. The number of fused-ring (bicyclic) bond motifs is 1. The normalized spacial score (nSPS) is 24.0. The Morgan fingerprint density at radius 1 is 1.44 bits per heavy atom. The SMILES string of the molecule is CC(C)C1N(C(=O)Nc2cnc3c(c2)CNC3=O)CC12CCOCC2. The van der Waals surface area contributed by atoms with Gasteiger partial charge in [0.05, 0.1) is 11.9 Å². The number of rotatable bonds is 2. The zero-order valence-corrected chi connectivity index (χ0v) is 14.7. The molecule has 1 unspecified atom stereocenters. The molecule has 3 aliphatic rings. The Bertz CT molecular complexity index is 712. The molecule has 7 heteroatoms. The number of carbonyl (C=O) groups is 2. The molecule has 25 heavy (non-hydrogen) atoms. The Morgan fingerprint density at radius 3 is 2.92 bits per heavy atom. The van der Waals surface area contributed by atoms with Crippen molar-refractivity contribution in [1.82, 2.24) is 15.2 Å². The number of hydrogen-bond acceptors (Lipinski definition) is 4. The van der Waals surface area contributed by atoms with Gasteiger partial charge in [0.25, 0.3) is 5.91 Å². The van der Waals surface area contributed by atoms with E-state index in [9.17, 15) is 9.59 Å². The van der Waals surface area contributed by atoms with Gasteiger partial charge in [0.1, 0.15) is 5.69 Å². The highest BCUT2D eigenvalue weighted by molar-refractivity contribution is 5.97. The molecule has 7 nitrogen and oxygen atoms in total. The molecule has 0 bridgehead atoms. The number of pyridine rings is 1. The van der Waals surface area contributed by atoms with Crippen LogP contribution in [0, 0.1) is 11.3 Å². The van der Waals surface area contributed by atoms with Crippen LogP contribution in [-0.2, 0) is 11.3 Å². The van der Waals surface area contributed by atoms with Crippen molar-refractivity contribution < 1.29 is 14.3 Å². The minimum atomic E-state index is -0.156. The van der Waals surface area contributed by atoms with E-state index in [1.54, 1.807) is 6.20 Å². The van der Waals surface area contributed by atoms with E-state index >= 15 is 0 Å². The molecule has 4 rings (SSSR count). The molecule has 0 radical (unpaired) electrons. The van der Waals surface area contributed by atoms with Gasteiger partial charge in [-0.05, 0) is 24.8 Å². The summed E-state index contributed by atoms with van der Waals surface area (Å²) in [4.78, 5) is 30.5. The zero-order valence-electron chi connectivity index (χ0n) is 14.7. The summed E-state index contributed by atoms with van der Waals surface area (Å²) in [6.45, 7) is 7.17. The summed E-state index contributed by atoms with van der Waals surface area (Å²) in [6, 6.07) is 1.98. The van der Waals surface area contributed by atoms with Crippen LogP contribution in [0.1, 0.15) is 42.7 Å². The number of hydrogen-bond donors (Lipinski definition) is 2. The Balaban J connectivity index is 1.47. The number of likely N-dealkylation sites (tertiary alicyclic amines) is 1. The van der Waals surface area contributed by atoms with E-state index in [0.717, 1.165) is 38.2 Å². The van der Waals surface area contributed by atoms with Gasteiger partial charge in [0, 0.05) is 43.3 Å². The second-order valence-corrected chi connectivity index (χ2v) is 7.64. The second kappa shape index (κ2) is 5.98. The summed E-state index contributed by atoms with van der Waals surface area (Å²) in [7, 11) is 0. The number of aromatic nitrogens is 1. The lowest BCUT2D eigenvalue weighted by Crippen LogP contribution is -2.70. The van der Waals surface area contributed by atoms with E-state index in [1.807, 2.05) is 11.0 Å². The molecule has 1 spiro atoms. The third-order valence-corrected chi connectivity index (χ3v) is 5.70. The van der Waals surface area contributed by atoms with Crippen LogP contribution in [0.2, 0.25) is 0 Å². The number of nitrogens with one attached hydrogen (secondary N) is 2. The smallest absolute Gasteiger partial charge is 0.322 e. The number of nitrogens with zero attached hydrogens (tertiary/aromatic N) is 2. The first-order valence-electron chi connectivity index (χ1n) is 8.93. The summed E-state index contributed by atoms with van der Waals surface area (Å²) in [6.07, 6.45) is 3.59. The van der Waals surface area contributed by atoms with Crippen LogP contribution < -0.4 is 10.6 Å². The molecule has 3 aliphatic heterocycles. The second-order valence-electron chi connectivity index (χ2n) is 7.64. The summed E-state index contributed by atoms with van der Waals surface area (Å²) < 4.78 is 5.51. The van der Waals surface area contributed by atoms with Crippen LogP contribution in [0.3, 0.4) is 0 Å². The van der Waals surface area contributed by atoms with E-state index in [-0.39, 0.29) is 23.4 Å². The molecular formula is C18H24N4O3. The van der Waals surface area contributed by atoms with Gasteiger partial charge in [0.2, 0.25) is 0 Å².